The van der Waals surface area contributed by atoms with Gasteiger partial charge in [0, 0.05) is 0 Å². The van der Waals surface area contributed by atoms with Crippen molar-refractivity contribution in [3.05, 3.63) is 0 Å². The third kappa shape index (κ3) is 3.28. The maximum atomic E-state index is 2.38. The number of rotatable bonds is 4. The van der Waals surface area contributed by atoms with Gasteiger partial charge in [0.25, 0.3) is 0 Å². The van der Waals surface area contributed by atoms with Crippen molar-refractivity contribution in [3.63, 3.8) is 0 Å². The molecule has 0 nitrogen and oxygen atoms in total. The van der Waals surface area contributed by atoms with Crippen molar-refractivity contribution in [2.45, 2.75) is 38.9 Å². The Hall–Kier alpha value is 0.532. The average molecular weight is 142 g/mol. The summed E-state index contributed by atoms with van der Waals surface area (Å²) in [6, 6.07) is 0. The van der Waals surface area contributed by atoms with E-state index in [4.69, 9.17) is 0 Å². The van der Waals surface area contributed by atoms with Gasteiger partial charge < -0.3 is 0 Å². The highest BCUT2D eigenvalue weighted by Gasteiger charge is 2.09. The van der Waals surface area contributed by atoms with Crippen molar-refractivity contribution in [3.8, 4) is 0 Å². The Balaban J connectivity index is 3.50. The lowest BCUT2D eigenvalue weighted by Crippen LogP contribution is -2.08. The summed E-state index contributed by atoms with van der Waals surface area (Å²) in [6.07, 6.45) is 2.75. The molecule has 2 atom stereocenters. The predicted molar refractivity (Wildman–Crippen MR) is 46.6 cm³/mol. The van der Waals surface area contributed by atoms with Crippen molar-refractivity contribution >= 4 is 16.3 Å². The molecule has 0 saturated carbocycles. The first-order valence-electron chi connectivity index (χ1n) is 4.26. The van der Waals surface area contributed by atoms with Crippen LogP contribution in [0, 0.1) is 11.8 Å². The third-order valence-electron chi connectivity index (χ3n) is 2.50. The van der Waals surface area contributed by atoms with Crippen molar-refractivity contribution < 1.29 is 0 Å². The zero-order chi connectivity index (χ0) is 7.28. The van der Waals surface area contributed by atoms with Crippen LogP contribution in [0.3, 0.4) is 0 Å². The molecule has 2 unspecified atom stereocenters. The average Bonchev–Trinajstić information content (AvgIpc) is 1.90. The molecule has 0 radical (unpaired) electrons. The van der Waals surface area contributed by atoms with Gasteiger partial charge in [0.05, 0.1) is 0 Å². The number of hydrogen-bond acceptors (Lipinski definition) is 0. The van der Waals surface area contributed by atoms with E-state index < -0.39 is 0 Å². The van der Waals surface area contributed by atoms with Crippen LogP contribution in [-0.2, 0) is 0 Å². The highest BCUT2D eigenvalue weighted by atomic mass is 27.0. The summed E-state index contributed by atoms with van der Waals surface area (Å²) in [5.41, 5.74) is 0. The Bertz CT molecular complexity index is 57.6. The maximum absolute atomic E-state index is 2.38. The molecular weight excluding hydrogens is 123 g/mol. The first kappa shape index (κ1) is 9.53. The SMILES string of the molecule is CCC(C)C(CC)[CH2][AlH2]. The summed E-state index contributed by atoms with van der Waals surface area (Å²) in [4.78, 5) is 0. The van der Waals surface area contributed by atoms with Crippen LogP contribution < -0.4 is 0 Å². The molecule has 0 bridgehead atoms. The van der Waals surface area contributed by atoms with E-state index in [1.807, 2.05) is 0 Å². The molecule has 9 heavy (non-hydrogen) atoms. The van der Waals surface area contributed by atoms with Crippen LogP contribution in [0.25, 0.3) is 0 Å². The van der Waals surface area contributed by atoms with Crippen LogP contribution in [-0.4, -0.2) is 16.3 Å². The molecule has 54 valence electrons. The van der Waals surface area contributed by atoms with Gasteiger partial charge in [-0.1, -0.05) is 44.8 Å². The monoisotopic (exact) mass is 142 g/mol. The van der Waals surface area contributed by atoms with Crippen LogP contribution in [0.5, 0.6) is 0 Å². The van der Waals surface area contributed by atoms with E-state index in [0.717, 1.165) is 11.8 Å². The zero-order valence-corrected chi connectivity index (χ0v) is 9.28. The molecule has 0 aliphatic heterocycles. The minimum absolute atomic E-state index is 0.965. The normalized spacial score (nSPS) is 17.2. The molecule has 0 aromatic heterocycles. The Morgan fingerprint density at radius 3 is 1.89 bits per heavy atom. The Kier molecular flexibility index (Phi) is 5.64. The minimum Gasteiger partial charge on any atom is -0.0982 e. The molecule has 0 N–H and O–H groups in total. The Morgan fingerprint density at radius 1 is 1.22 bits per heavy atom. The first-order valence-corrected chi connectivity index (χ1v) is 5.67. The molecule has 0 aromatic carbocycles. The molecule has 0 spiro atoms. The van der Waals surface area contributed by atoms with Crippen LogP contribution >= 0.6 is 0 Å². The van der Waals surface area contributed by atoms with Crippen molar-refractivity contribution in [2.24, 2.45) is 11.8 Å². The molecule has 0 aliphatic carbocycles. The highest BCUT2D eigenvalue weighted by Crippen LogP contribution is 2.20. The van der Waals surface area contributed by atoms with Gasteiger partial charge in [0.1, 0.15) is 0 Å². The van der Waals surface area contributed by atoms with Crippen LogP contribution in [0.2, 0.25) is 5.28 Å². The molecule has 0 fully saturated rings. The van der Waals surface area contributed by atoms with Gasteiger partial charge in [-0.3, -0.25) is 0 Å². The quantitative estimate of drug-likeness (QED) is 0.527. The minimum atomic E-state index is 0.965. The van der Waals surface area contributed by atoms with E-state index in [0.29, 0.717) is 0 Å². The fourth-order valence-electron chi connectivity index (χ4n) is 1.43. The summed E-state index contributed by atoms with van der Waals surface area (Å²) in [6.45, 7) is 6.99. The molecule has 0 rings (SSSR count). The van der Waals surface area contributed by atoms with Gasteiger partial charge in [-0.2, -0.15) is 0 Å². The summed E-state index contributed by atoms with van der Waals surface area (Å²) >= 11 is 1.38. The first-order chi connectivity index (χ1) is 4.26. The van der Waals surface area contributed by atoms with Gasteiger partial charge in [-0.15, -0.1) is 0 Å². The lowest BCUT2D eigenvalue weighted by Gasteiger charge is -2.19. The standard InChI is InChI=1S/C8H17.Al.2H/c1-5-7(3)8(4)6-2;;;/h7-8H,3,5-6H2,1-2,4H3;;;. The topological polar surface area (TPSA) is 0 Å². The van der Waals surface area contributed by atoms with Crippen LogP contribution in [0.15, 0.2) is 0 Å². The van der Waals surface area contributed by atoms with Gasteiger partial charge in [0.15, 0.2) is 0 Å². The fraction of sp³-hybridized carbons (Fsp3) is 1.00. The van der Waals surface area contributed by atoms with Crippen molar-refractivity contribution in [1.29, 1.82) is 0 Å². The van der Waals surface area contributed by atoms with E-state index in [9.17, 15) is 0 Å². The van der Waals surface area contributed by atoms with E-state index in [2.05, 4.69) is 20.8 Å². The molecule has 0 heterocycles. The van der Waals surface area contributed by atoms with Crippen molar-refractivity contribution in [2.75, 3.05) is 0 Å². The Morgan fingerprint density at radius 2 is 1.78 bits per heavy atom. The van der Waals surface area contributed by atoms with E-state index >= 15 is 0 Å². The van der Waals surface area contributed by atoms with Gasteiger partial charge in [0.2, 0.25) is 16.3 Å². The fourth-order valence-corrected chi connectivity index (χ4v) is 2.81. The third-order valence-corrected chi connectivity index (χ3v) is 3.55. The second-order valence-corrected chi connectivity index (χ2v) is 3.78. The number of hydrogen-bond donors (Lipinski definition) is 0. The second kappa shape index (κ2) is 5.33. The van der Waals surface area contributed by atoms with Crippen molar-refractivity contribution in [1.82, 2.24) is 0 Å². The van der Waals surface area contributed by atoms with E-state index in [1.54, 1.807) is 0 Å². The second-order valence-electron chi connectivity index (χ2n) is 2.96. The molecule has 0 amide bonds. The molecule has 0 aromatic rings. The molecule has 0 aliphatic rings. The van der Waals surface area contributed by atoms with E-state index in [-0.39, 0.29) is 0 Å². The van der Waals surface area contributed by atoms with Crippen LogP contribution in [0.1, 0.15) is 33.6 Å². The largest absolute Gasteiger partial charge is 0.212 e. The molecular formula is C8H19Al. The summed E-state index contributed by atoms with van der Waals surface area (Å²) < 4.78 is 0. The van der Waals surface area contributed by atoms with Gasteiger partial charge >= 0.3 is 0 Å². The molecule has 1 heteroatoms. The zero-order valence-electron chi connectivity index (χ0n) is 7.28. The summed E-state index contributed by atoms with van der Waals surface area (Å²) in [7, 11) is 0. The van der Waals surface area contributed by atoms with Gasteiger partial charge in [-0.25, -0.2) is 0 Å². The summed E-state index contributed by atoms with van der Waals surface area (Å²) in [5, 5.41) is 1.49. The highest BCUT2D eigenvalue weighted by molar-refractivity contribution is 6.08. The lowest BCUT2D eigenvalue weighted by molar-refractivity contribution is 0.367. The van der Waals surface area contributed by atoms with E-state index in [1.165, 1.54) is 34.4 Å². The molecule has 0 saturated heterocycles. The lowest BCUT2D eigenvalue weighted by atomic mass is 9.91. The predicted octanol–water partition coefficient (Wildman–Crippen LogP) is 2.11. The van der Waals surface area contributed by atoms with Gasteiger partial charge in [-0.05, 0) is 5.92 Å². The van der Waals surface area contributed by atoms with Crippen LogP contribution in [0.4, 0.5) is 0 Å². The summed E-state index contributed by atoms with van der Waals surface area (Å²) in [5.74, 6) is 1.99. The maximum Gasteiger partial charge on any atom is 0.212 e. The Labute approximate surface area is 67.5 Å². The smallest absolute Gasteiger partial charge is 0.0982 e.